The van der Waals surface area contributed by atoms with Gasteiger partial charge < -0.3 is 5.11 Å². The third kappa shape index (κ3) is 7.78. The molecule has 0 saturated carbocycles. The van der Waals surface area contributed by atoms with E-state index in [1.54, 1.807) is 0 Å². The van der Waals surface area contributed by atoms with Crippen LogP contribution in [0.25, 0.3) is 72.7 Å². The Labute approximate surface area is 411 Å². The Morgan fingerprint density at radius 1 is 0.552 bits per heavy atom. The molecule has 338 valence electrons. The van der Waals surface area contributed by atoms with E-state index in [0.717, 1.165) is 66.9 Å². The van der Waals surface area contributed by atoms with Crippen LogP contribution in [0.5, 0.6) is 5.75 Å². The van der Waals surface area contributed by atoms with Gasteiger partial charge in [0, 0.05) is 54.9 Å². The van der Waals surface area contributed by atoms with Crippen molar-refractivity contribution in [3.05, 3.63) is 203 Å². The molecule has 0 amide bonds. The Balaban J connectivity index is 0.00000562. The van der Waals surface area contributed by atoms with E-state index in [-0.39, 0.29) is 48.5 Å². The Hall–Kier alpha value is -6.35. The number of phenolic OH excluding ortho intramolecular Hbond substituents is 1. The molecule has 0 radical (unpaired) electrons. The minimum Gasteiger partial charge on any atom is -0.507 e. The molecule has 67 heavy (non-hydrogen) atoms. The van der Waals surface area contributed by atoms with Crippen LogP contribution >= 0.6 is 0 Å². The maximum Gasteiger partial charge on any atom is 0.148 e. The maximum atomic E-state index is 12.6. The number of hydrogen-bond donors (Lipinski definition) is 1. The van der Waals surface area contributed by atoms with Crippen LogP contribution in [0, 0.1) is 6.07 Å². The zero-order valence-electron chi connectivity index (χ0n) is 40.2. The molecule has 0 aliphatic heterocycles. The van der Waals surface area contributed by atoms with Gasteiger partial charge in [-0.3, -0.25) is 9.55 Å². The van der Waals surface area contributed by atoms with Crippen molar-refractivity contribution in [2.75, 3.05) is 0 Å². The van der Waals surface area contributed by atoms with Crippen molar-refractivity contribution in [2.24, 2.45) is 0 Å². The van der Waals surface area contributed by atoms with Gasteiger partial charge in [0.15, 0.2) is 0 Å². The number of hydrogen-bond acceptors (Lipinski definition) is 3. The fraction of sp³-hybridized carbons (Fsp3) is 0.226. The summed E-state index contributed by atoms with van der Waals surface area (Å²) in [4.78, 5) is 10.9. The number of rotatable bonds is 7. The molecule has 5 heteroatoms. The largest absolute Gasteiger partial charge is 0.507 e. The standard InChI is InChI=1S/C62H58N3O.Pt/c1-59(2,3)43-37-49(57(66)51(38-43)60(4,5)6)58-64-56-46(28-21-31-53(56)65(58)52-30-20-18-26-45(52)39-22-13-11-14-23-39)40-34-41(36-44(35-40)61(7,8)42-24-15-12-16-25-42)55-54-48(32-33-63-55)47-27-17-19-29-50(47)62(54,9)10;/h11-33,35-38,66H,1-10H3;/q-1;. The Morgan fingerprint density at radius 3 is 1.88 bits per heavy atom. The van der Waals surface area contributed by atoms with E-state index in [1.807, 2.05) is 6.20 Å². The smallest absolute Gasteiger partial charge is 0.148 e. The molecule has 9 aromatic rings. The fourth-order valence-electron chi connectivity index (χ4n) is 10.2. The number of pyridine rings is 1. The molecule has 0 bridgehead atoms. The van der Waals surface area contributed by atoms with Crippen LogP contribution in [0.15, 0.2) is 164 Å². The first-order chi connectivity index (χ1) is 31.4. The number of aromatic nitrogens is 3. The van der Waals surface area contributed by atoms with Crippen LogP contribution in [-0.4, -0.2) is 19.6 Å². The van der Waals surface area contributed by atoms with Gasteiger partial charge in [0.2, 0.25) is 0 Å². The van der Waals surface area contributed by atoms with E-state index in [9.17, 15) is 5.11 Å². The zero-order valence-corrected chi connectivity index (χ0v) is 42.5. The van der Waals surface area contributed by atoms with Crippen molar-refractivity contribution in [2.45, 2.75) is 90.9 Å². The minimum absolute atomic E-state index is 0. The SMILES string of the molecule is CC(C)(C)c1cc(-c2nc3c(-c4[c-]c(-c5nccc6c5C(C)(C)c5ccccc5-6)cc(C(C)(C)c5ccccc5)c4)cccc3n2-c2ccccc2-c2ccccc2)c(O)c(C(C)(C)C)c1.[Pt]. The summed E-state index contributed by atoms with van der Waals surface area (Å²) in [5.74, 6) is 0.928. The van der Waals surface area contributed by atoms with Crippen molar-refractivity contribution in [1.82, 2.24) is 14.5 Å². The van der Waals surface area contributed by atoms with Gasteiger partial charge in [0.25, 0.3) is 0 Å². The van der Waals surface area contributed by atoms with Crippen LogP contribution in [0.3, 0.4) is 0 Å². The molecule has 0 spiro atoms. The summed E-state index contributed by atoms with van der Waals surface area (Å²) in [6, 6.07) is 60.2. The molecule has 2 heterocycles. The van der Waals surface area contributed by atoms with Gasteiger partial charge in [0.1, 0.15) is 11.6 Å². The van der Waals surface area contributed by atoms with E-state index < -0.39 is 0 Å². The van der Waals surface area contributed by atoms with Gasteiger partial charge in [-0.25, -0.2) is 4.98 Å². The van der Waals surface area contributed by atoms with Gasteiger partial charge in [0.05, 0.1) is 22.3 Å². The Morgan fingerprint density at radius 2 is 1.18 bits per heavy atom. The number of para-hydroxylation sites is 2. The number of nitrogens with zero attached hydrogens (tertiary/aromatic N) is 3. The molecule has 0 saturated heterocycles. The molecular weight excluding hydrogens is 998 g/mol. The summed E-state index contributed by atoms with van der Waals surface area (Å²) >= 11 is 0. The van der Waals surface area contributed by atoms with Crippen molar-refractivity contribution < 1.29 is 26.2 Å². The Kier molecular flexibility index (Phi) is 11.5. The summed E-state index contributed by atoms with van der Waals surface area (Å²) in [5.41, 5.74) is 17.6. The summed E-state index contributed by atoms with van der Waals surface area (Å²) in [6.07, 6.45) is 1.96. The van der Waals surface area contributed by atoms with Crippen LogP contribution in [0.2, 0.25) is 0 Å². The molecule has 0 unspecified atom stereocenters. The van der Waals surface area contributed by atoms with E-state index >= 15 is 0 Å². The molecule has 4 nitrogen and oxygen atoms in total. The monoisotopic (exact) mass is 1060 g/mol. The average Bonchev–Trinajstić information content (AvgIpc) is 3.81. The molecule has 7 aromatic carbocycles. The molecule has 2 aromatic heterocycles. The first-order valence-corrected chi connectivity index (χ1v) is 23.2. The first-order valence-electron chi connectivity index (χ1n) is 23.2. The molecule has 1 N–H and O–H groups in total. The quantitative estimate of drug-likeness (QED) is 0.162. The minimum atomic E-state index is -0.369. The second-order valence-electron chi connectivity index (χ2n) is 21.2. The third-order valence-corrected chi connectivity index (χ3v) is 14.0. The van der Waals surface area contributed by atoms with E-state index in [4.69, 9.17) is 9.97 Å². The molecule has 10 rings (SSSR count). The second kappa shape index (κ2) is 16.8. The maximum absolute atomic E-state index is 12.6. The van der Waals surface area contributed by atoms with Gasteiger partial charge in [-0.15, -0.1) is 29.3 Å². The number of phenols is 1. The van der Waals surface area contributed by atoms with Crippen LogP contribution in [0.1, 0.15) is 103 Å². The summed E-state index contributed by atoms with van der Waals surface area (Å²) in [6.45, 7) is 22.4. The number of aromatic hydroxyl groups is 1. The Bertz CT molecular complexity index is 3330. The summed E-state index contributed by atoms with van der Waals surface area (Å²) in [5, 5.41) is 12.6. The fourth-order valence-corrected chi connectivity index (χ4v) is 10.2. The van der Waals surface area contributed by atoms with Crippen LogP contribution in [0.4, 0.5) is 0 Å². The van der Waals surface area contributed by atoms with Crippen LogP contribution < -0.4 is 0 Å². The van der Waals surface area contributed by atoms with Gasteiger partial charge in [-0.05, 0) is 74.0 Å². The predicted molar refractivity (Wildman–Crippen MR) is 275 cm³/mol. The van der Waals surface area contributed by atoms with Gasteiger partial charge in [-0.2, -0.15) is 0 Å². The summed E-state index contributed by atoms with van der Waals surface area (Å²) in [7, 11) is 0. The number of benzene rings is 7. The molecular formula is C62H58N3OPt-. The number of fused-ring (bicyclic) bond motifs is 4. The first kappa shape index (κ1) is 45.8. The summed E-state index contributed by atoms with van der Waals surface area (Å²) < 4.78 is 2.26. The third-order valence-electron chi connectivity index (χ3n) is 14.0. The van der Waals surface area contributed by atoms with E-state index in [0.29, 0.717) is 11.4 Å². The topological polar surface area (TPSA) is 50.9 Å². The van der Waals surface area contributed by atoms with Crippen molar-refractivity contribution in [3.63, 3.8) is 0 Å². The molecule has 0 atom stereocenters. The van der Waals surface area contributed by atoms with Crippen molar-refractivity contribution >= 4 is 11.0 Å². The zero-order chi connectivity index (χ0) is 46.3. The van der Waals surface area contributed by atoms with Crippen molar-refractivity contribution in [1.29, 1.82) is 0 Å². The van der Waals surface area contributed by atoms with Crippen molar-refractivity contribution in [3.8, 4) is 67.5 Å². The molecule has 1 aliphatic carbocycles. The molecule has 0 fully saturated rings. The van der Waals surface area contributed by atoms with E-state index in [2.05, 4.69) is 238 Å². The van der Waals surface area contributed by atoms with Gasteiger partial charge >= 0.3 is 0 Å². The predicted octanol–water partition coefficient (Wildman–Crippen LogP) is 15.8. The molecule has 1 aliphatic rings. The average molecular weight is 1060 g/mol. The van der Waals surface area contributed by atoms with Gasteiger partial charge in [-0.1, -0.05) is 202 Å². The normalized spacial score (nSPS) is 13.3. The second-order valence-corrected chi connectivity index (χ2v) is 21.2. The van der Waals surface area contributed by atoms with E-state index in [1.165, 1.54) is 27.8 Å². The number of imidazole rings is 1. The van der Waals surface area contributed by atoms with Crippen LogP contribution in [-0.2, 0) is 42.7 Å².